The van der Waals surface area contributed by atoms with E-state index >= 15 is 0 Å². The van der Waals surface area contributed by atoms with E-state index in [0.29, 0.717) is 26.3 Å². The number of nitrogens with zero attached hydrogens (tertiary/aromatic N) is 1. The molecule has 0 unspecified atom stereocenters. The Hall–Kier alpha value is -1.39. The maximum Gasteiger partial charge on any atom is 0.228 e. The maximum atomic E-state index is 12.3. The maximum absolute atomic E-state index is 12.3. The molecular formula is C15H21NO3. The van der Waals surface area contributed by atoms with E-state index in [1.807, 2.05) is 31.2 Å². The number of amides is 1. The summed E-state index contributed by atoms with van der Waals surface area (Å²) in [5, 5.41) is 9.13. The molecule has 1 aliphatic rings. The lowest BCUT2D eigenvalue weighted by Crippen LogP contribution is -2.37. The molecule has 0 bridgehead atoms. The molecule has 104 valence electrons. The van der Waals surface area contributed by atoms with Gasteiger partial charge in [0, 0.05) is 19.7 Å². The first-order valence-corrected chi connectivity index (χ1v) is 6.73. The van der Waals surface area contributed by atoms with E-state index in [-0.39, 0.29) is 18.4 Å². The lowest BCUT2D eigenvalue weighted by molar-refractivity contribution is -0.136. The van der Waals surface area contributed by atoms with Crippen molar-refractivity contribution in [2.45, 2.75) is 19.9 Å². The van der Waals surface area contributed by atoms with Crippen LogP contribution in [0.1, 0.15) is 17.5 Å². The quantitative estimate of drug-likeness (QED) is 0.872. The summed E-state index contributed by atoms with van der Waals surface area (Å²) in [7, 11) is 0. The van der Waals surface area contributed by atoms with E-state index in [1.165, 1.54) is 5.56 Å². The van der Waals surface area contributed by atoms with Gasteiger partial charge in [-0.3, -0.25) is 4.79 Å². The summed E-state index contributed by atoms with van der Waals surface area (Å²) in [6.45, 7) is 4.13. The van der Waals surface area contributed by atoms with Crippen molar-refractivity contribution in [3.05, 3.63) is 35.4 Å². The summed E-state index contributed by atoms with van der Waals surface area (Å²) >= 11 is 0. The Morgan fingerprint density at radius 2 is 2.16 bits per heavy atom. The van der Waals surface area contributed by atoms with Gasteiger partial charge in [0.1, 0.15) is 0 Å². The lowest BCUT2D eigenvalue weighted by atomic mass is 10.1. The normalized spacial score (nSPS) is 18.5. The fourth-order valence-electron chi connectivity index (χ4n) is 2.29. The smallest absolute Gasteiger partial charge is 0.228 e. The van der Waals surface area contributed by atoms with Crippen LogP contribution in [0.25, 0.3) is 0 Å². The topological polar surface area (TPSA) is 49.8 Å². The summed E-state index contributed by atoms with van der Waals surface area (Å²) in [5.74, 6) is 0.0455. The van der Waals surface area contributed by atoms with Gasteiger partial charge in [-0.2, -0.15) is 0 Å². The van der Waals surface area contributed by atoms with E-state index in [2.05, 4.69) is 0 Å². The van der Waals surface area contributed by atoms with Crippen LogP contribution in [-0.2, 0) is 16.1 Å². The number of hydrogen-bond acceptors (Lipinski definition) is 3. The second kappa shape index (κ2) is 6.68. The third-order valence-electron chi connectivity index (χ3n) is 3.45. The van der Waals surface area contributed by atoms with Gasteiger partial charge in [-0.1, -0.05) is 29.8 Å². The van der Waals surface area contributed by atoms with E-state index in [9.17, 15) is 4.79 Å². The standard InChI is InChI=1S/C15H21NO3/c1-12-2-4-13(5-3-12)10-16(7-8-17)15(18)14-6-9-19-11-14/h2-5,14,17H,6-11H2,1H3/t14-/m1/s1. The molecule has 19 heavy (non-hydrogen) atoms. The molecule has 4 heteroatoms. The average Bonchev–Trinajstić information content (AvgIpc) is 2.94. The average molecular weight is 263 g/mol. The van der Waals surface area contributed by atoms with Crippen molar-refractivity contribution in [1.29, 1.82) is 0 Å². The van der Waals surface area contributed by atoms with Gasteiger partial charge in [-0.15, -0.1) is 0 Å². The van der Waals surface area contributed by atoms with Crippen molar-refractivity contribution >= 4 is 5.91 Å². The number of carbonyl (C=O) groups excluding carboxylic acids is 1. The predicted molar refractivity (Wildman–Crippen MR) is 72.6 cm³/mol. The Labute approximate surface area is 114 Å². The minimum absolute atomic E-state index is 0.00875. The first kappa shape index (κ1) is 14.0. The molecule has 1 amide bonds. The van der Waals surface area contributed by atoms with Crippen molar-refractivity contribution in [2.75, 3.05) is 26.4 Å². The van der Waals surface area contributed by atoms with Crippen molar-refractivity contribution in [2.24, 2.45) is 5.92 Å². The second-order valence-corrected chi connectivity index (χ2v) is 5.03. The fourth-order valence-corrected chi connectivity index (χ4v) is 2.29. The number of ether oxygens (including phenoxy) is 1. The highest BCUT2D eigenvalue weighted by Crippen LogP contribution is 2.17. The third kappa shape index (κ3) is 3.78. The van der Waals surface area contributed by atoms with Crippen molar-refractivity contribution in [3.8, 4) is 0 Å². The number of aliphatic hydroxyl groups excluding tert-OH is 1. The SMILES string of the molecule is Cc1ccc(CN(CCO)C(=O)[C@@H]2CCOC2)cc1. The van der Waals surface area contributed by atoms with Gasteiger partial charge in [-0.05, 0) is 18.9 Å². The molecule has 0 saturated carbocycles. The van der Waals surface area contributed by atoms with Crippen LogP contribution in [0.5, 0.6) is 0 Å². The third-order valence-corrected chi connectivity index (χ3v) is 3.45. The van der Waals surface area contributed by atoms with Crippen LogP contribution in [0.15, 0.2) is 24.3 Å². The molecule has 1 fully saturated rings. The van der Waals surface area contributed by atoms with Crippen LogP contribution in [0, 0.1) is 12.8 Å². The number of aliphatic hydroxyl groups is 1. The van der Waals surface area contributed by atoms with E-state index in [0.717, 1.165) is 12.0 Å². The summed E-state index contributed by atoms with van der Waals surface area (Å²) < 4.78 is 5.26. The van der Waals surface area contributed by atoms with Gasteiger partial charge in [0.2, 0.25) is 5.91 Å². The molecule has 0 aromatic heterocycles. The summed E-state index contributed by atoms with van der Waals surface area (Å²) in [5.41, 5.74) is 2.29. The van der Waals surface area contributed by atoms with Crippen LogP contribution in [0.3, 0.4) is 0 Å². The van der Waals surface area contributed by atoms with Crippen molar-refractivity contribution < 1.29 is 14.6 Å². The lowest BCUT2D eigenvalue weighted by Gasteiger charge is -2.24. The first-order valence-electron chi connectivity index (χ1n) is 6.73. The molecule has 1 heterocycles. The molecule has 4 nitrogen and oxygen atoms in total. The molecule has 1 atom stereocenters. The van der Waals surface area contributed by atoms with Gasteiger partial charge < -0.3 is 14.7 Å². The minimum atomic E-state index is -0.0444. The second-order valence-electron chi connectivity index (χ2n) is 5.03. The van der Waals surface area contributed by atoms with Crippen LogP contribution < -0.4 is 0 Å². The molecule has 1 aromatic carbocycles. The number of rotatable bonds is 5. The molecule has 1 N–H and O–H groups in total. The molecule has 0 spiro atoms. The molecule has 2 rings (SSSR count). The Kier molecular flexibility index (Phi) is 4.93. The number of hydrogen-bond donors (Lipinski definition) is 1. The highest BCUT2D eigenvalue weighted by molar-refractivity contribution is 5.79. The first-order chi connectivity index (χ1) is 9.20. The Bertz CT molecular complexity index is 410. The Balaban J connectivity index is 2.02. The van der Waals surface area contributed by atoms with Crippen molar-refractivity contribution in [3.63, 3.8) is 0 Å². The zero-order valence-corrected chi connectivity index (χ0v) is 11.3. The zero-order valence-electron chi connectivity index (χ0n) is 11.3. The van der Waals surface area contributed by atoms with Gasteiger partial charge in [0.05, 0.1) is 19.1 Å². The van der Waals surface area contributed by atoms with E-state index in [4.69, 9.17) is 9.84 Å². The molecule has 0 aliphatic carbocycles. The number of benzene rings is 1. The summed E-state index contributed by atoms with van der Waals surface area (Å²) in [4.78, 5) is 14.1. The highest BCUT2D eigenvalue weighted by Gasteiger charge is 2.27. The van der Waals surface area contributed by atoms with Crippen LogP contribution in [-0.4, -0.2) is 42.3 Å². The van der Waals surface area contributed by atoms with E-state index in [1.54, 1.807) is 4.90 Å². The van der Waals surface area contributed by atoms with E-state index < -0.39 is 0 Å². The Morgan fingerprint density at radius 1 is 1.42 bits per heavy atom. The van der Waals surface area contributed by atoms with Crippen LogP contribution in [0.4, 0.5) is 0 Å². The monoisotopic (exact) mass is 263 g/mol. The summed E-state index contributed by atoms with van der Waals surface area (Å²) in [6.07, 6.45) is 0.786. The van der Waals surface area contributed by atoms with Gasteiger partial charge in [0.25, 0.3) is 0 Å². The molecule has 1 aliphatic heterocycles. The van der Waals surface area contributed by atoms with Crippen LogP contribution in [0.2, 0.25) is 0 Å². The molecular weight excluding hydrogens is 242 g/mol. The predicted octanol–water partition coefficient (Wildman–Crippen LogP) is 1.35. The largest absolute Gasteiger partial charge is 0.395 e. The molecule has 1 saturated heterocycles. The minimum Gasteiger partial charge on any atom is -0.395 e. The van der Waals surface area contributed by atoms with Gasteiger partial charge >= 0.3 is 0 Å². The fraction of sp³-hybridized carbons (Fsp3) is 0.533. The highest BCUT2D eigenvalue weighted by atomic mass is 16.5. The van der Waals surface area contributed by atoms with Crippen LogP contribution >= 0.6 is 0 Å². The zero-order chi connectivity index (χ0) is 13.7. The van der Waals surface area contributed by atoms with Gasteiger partial charge in [-0.25, -0.2) is 0 Å². The van der Waals surface area contributed by atoms with Crippen molar-refractivity contribution in [1.82, 2.24) is 4.90 Å². The van der Waals surface area contributed by atoms with Gasteiger partial charge in [0.15, 0.2) is 0 Å². The summed E-state index contributed by atoms with van der Waals surface area (Å²) in [6, 6.07) is 8.13. The Morgan fingerprint density at radius 3 is 2.74 bits per heavy atom. The number of aryl methyl sites for hydroxylation is 1. The number of carbonyl (C=O) groups is 1. The molecule has 0 radical (unpaired) electrons. The molecule has 1 aromatic rings.